The minimum atomic E-state index is -1.70. The molecule has 0 spiro atoms. The highest BCUT2D eigenvalue weighted by Crippen LogP contribution is 2.41. The smallest absolute Gasteiger partial charge is 0.407 e. The van der Waals surface area contributed by atoms with Gasteiger partial charge in [0.25, 0.3) is 0 Å². The number of Topliss-reactive ketones (excluding diaryl/α,β-unsaturated/α-hetero) is 1. The highest BCUT2D eigenvalue weighted by molar-refractivity contribution is 6.67. The second-order valence-electron chi connectivity index (χ2n) is 8.41. The zero-order valence-electron chi connectivity index (χ0n) is 19.8. The molecule has 5 nitrogen and oxygen atoms in total. The highest BCUT2D eigenvalue weighted by Gasteiger charge is 2.38. The first-order valence-corrected chi connectivity index (χ1v) is 12.8. The average molecular weight is 556 g/mol. The number of ketones is 1. The molecule has 0 radical (unpaired) electrons. The number of ether oxygens (including phenoxy) is 1. The van der Waals surface area contributed by atoms with E-state index in [1.165, 1.54) is 0 Å². The van der Waals surface area contributed by atoms with Crippen LogP contribution in [0.4, 0.5) is 4.79 Å². The lowest BCUT2D eigenvalue weighted by Crippen LogP contribution is -2.36. The molecular formula is C29H25Cl3N2O3. The van der Waals surface area contributed by atoms with Crippen molar-refractivity contribution in [1.82, 2.24) is 9.88 Å². The number of hydrogen-bond acceptors (Lipinski definition) is 3. The predicted molar refractivity (Wildman–Crippen MR) is 148 cm³/mol. The van der Waals surface area contributed by atoms with Crippen LogP contribution in [0.1, 0.15) is 33.5 Å². The number of carbonyl (C=O) groups is 2. The molecule has 1 N–H and O–H groups in total. The predicted octanol–water partition coefficient (Wildman–Crippen LogP) is 7.00. The molecule has 4 rings (SSSR count). The van der Waals surface area contributed by atoms with Crippen molar-refractivity contribution in [2.24, 2.45) is 0 Å². The number of carbonyl (C=O) groups excluding carboxylic acids is 2. The summed E-state index contributed by atoms with van der Waals surface area (Å²) < 4.78 is 5.21. The van der Waals surface area contributed by atoms with E-state index in [0.717, 1.165) is 16.7 Å². The molecule has 0 aliphatic rings. The molecule has 0 bridgehead atoms. The standard InChI is InChI=1S/C29H25Cl3N2O3/c30-28(31,32)21-37-27(36)33-18-16-26(35)22-17-19-34(20-22)29(23-10-4-1-5-11-23,24-12-6-2-7-13-24)25-14-8-3-9-15-25/h1-15,17,19-20H,16,18,21H2,(H,33,36). The van der Waals surface area contributed by atoms with Crippen LogP contribution in [0.5, 0.6) is 0 Å². The summed E-state index contributed by atoms with van der Waals surface area (Å²) in [6, 6.07) is 32.4. The third-order valence-electron chi connectivity index (χ3n) is 5.97. The van der Waals surface area contributed by atoms with Crippen molar-refractivity contribution in [3.63, 3.8) is 0 Å². The zero-order valence-corrected chi connectivity index (χ0v) is 22.1. The van der Waals surface area contributed by atoms with E-state index in [0.29, 0.717) is 5.56 Å². The molecular weight excluding hydrogens is 531 g/mol. The number of aromatic nitrogens is 1. The van der Waals surface area contributed by atoms with Crippen LogP contribution in [-0.2, 0) is 10.3 Å². The number of halogens is 3. The molecule has 0 aliphatic carbocycles. The van der Waals surface area contributed by atoms with Gasteiger partial charge in [0.05, 0.1) is 0 Å². The van der Waals surface area contributed by atoms with Gasteiger partial charge in [-0.3, -0.25) is 4.79 Å². The van der Waals surface area contributed by atoms with Gasteiger partial charge in [0, 0.05) is 30.9 Å². The second-order valence-corrected chi connectivity index (χ2v) is 10.9. The molecule has 0 aliphatic heterocycles. The van der Waals surface area contributed by atoms with Crippen molar-refractivity contribution >= 4 is 46.7 Å². The van der Waals surface area contributed by atoms with Crippen LogP contribution in [0.25, 0.3) is 0 Å². The van der Waals surface area contributed by atoms with Gasteiger partial charge >= 0.3 is 6.09 Å². The summed E-state index contributed by atoms with van der Waals surface area (Å²) in [5.41, 5.74) is 2.99. The highest BCUT2D eigenvalue weighted by atomic mass is 35.6. The Bertz CT molecular complexity index is 1220. The fourth-order valence-corrected chi connectivity index (χ4v) is 4.54. The summed E-state index contributed by atoms with van der Waals surface area (Å²) in [4.78, 5) is 24.8. The Balaban J connectivity index is 1.64. The molecule has 0 saturated carbocycles. The van der Waals surface area contributed by atoms with Crippen LogP contribution >= 0.6 is 34.8 Å². The number of rotatable bonds is 9. The molecule has 1 amide bonds. The molecule has 190 valence electrons. The van der Waals surface area contributed by atoms with Crippen LogP contribution < -0.4 is 5.32 Å². The fraction of sp³-hybridized carbons (Fsp3) is 0.172. The largest absolute Gasteiger partial charge is 0.445 e. The summed E-state index contributed by atoms with van der Waals surface area (Å²) in [6.45, 7) is -0.301. The third-order valence-corrected chi connectivity index (χ3v) is 6.29. The zero-order chi connectivity index (χ0) is 26.3. The van der Waals surface area contributed by atoms with Crippen molar-refractivity contribution in [3.05, 3.63) is 132 Å². The SMILES string of the molecule is O=C(NCCC(=O)c1ccn(C(c2ccccc2)(c2ccccc2)c2ccccc2)c1)OCC(Cl)(Cl)Cl. The Morgan fingerprint density at radius 2 is 1.24 bits per heavy atom. The molecule has 0 unspecified atom stereocenters. The van der Waals surface area contributed by atoms with Gasteiger partial charge in [0.1, 0.15) is 12.1 Å². The van der Waals surface area contributed by atoms with E-state index in [1.54, 1.807) is 6.07 Å². The van der Waals surface area contributed by atoms with Gasteiger partial charge in [-0.15, -0.1) is 0 Å². The summed E-state index contributed by atoms with van der Waals surface area (Å²) in [7, 11) is 0. The summed E-state index contributed by atoms with van der Waals surface area (Å²) in [6.07, 6.45) is 3.11. The van der Waals surface area contributed by atoms with Gasteiger partial charge in [-0.05, 0) is 22.8 Å². The Morgan fingerprint density at radius 1 is 0.757 bits per heavy atom. The minimum absolute atomic E-state index is 0.0852. The lowest BCUT2D eigenvalue weighted by atomic mass is 9.77. The first kappa shape index (κ1) is 26.8. The molecule has 1 aromatic heterocycles. The molecule has 3 aromatic carbocycles. The lowest BCUT2D eigenvalue weighted by molar-refractivity contribution is 0.0981. The van der Waals surface area contributed by atoms with Gasteiger partial charge in [-0.25, -0.2) is 4.79 Å². The van der Waals surface area contributed by atoms with Gasteiger partial charge in [0.2, 0.25) is 3.79 Å². The quantitative estimate of drug-likeness (QED) is 0.137. The van der Waals surface area contributed by atoms with Crippen LogP contribution in [0.15, 0.2) is 109 Å². The van der Waals surface area contributed by atoms with E-state index in [-0.39, 0.29) is 25.4 Å². The van der Waals surface area contributed by atoms with E-state index < -0.39 is 15.4 Å². The first-order valence-electron chi connectivity index (χ1n) is 11.7. The van der Waals surface area contributed by atoms with Gasteiger partial charge in [0.15, 0.2) is 5.78 Å². The summed E-state index contributed by atoms with van der Waals surface area (Å²) in [5.74, 6) is -0.122. The van der Waals surface area contributed by atoms with Gasteiger partial charge < -0.3 is 14.6 Å². The van der Waals surface area contributed by atoms with E-state index in [4.69, 9.17) is 39.5 Å². The lowest BCUT2D eigenvalue weighted by Gasteiger charge is -2.37. The number of amides is 1. The molecule has 0 atom stereocenters. The molecule has 4 aromatic rings. The van der Waals surface area contributed by atoms with Crippen molar-refractivity contribution < 1.29 is 14.3 Å². The number of nitrogens with one attached hydrogen (secondary N) is 1. The van der Waals surface area contributed by atoms with Crippen molar-refractivity contribution in [3.8, 4) is 0 Å². The van der Waals surface area contributed by atoms with Gasteiger partial charge in [-0.1, -0.05) is 126 Å². The van der Waals surface area contributed by atoms with Crippen LogP contribution in [0.2, 0.25) is 0 Å². The topological polar surface area (TPSA) is 60.3 Å². The molecule has 1 heterocycles. The molecule has 0 fully saturated rings. The Hall–Kier alpha value is -3.25. The van der Waals surface area contributed by atoms with Crippen molar-refractivity contribution in [2.45, 2.75) is 15.8 Å². The third kappa shape index (κ3) is 6.37. The van der Waals surface area contributed by atoms with E-state index in [2.05, 4.69) is 46.3 Å². The number of benzene rings is 3. The molecule has 0 saturated heterocycles. The van der Waals surface area contributed by atoms with Crippen LogP contribution in [0.3, 0.4) is 0 Å². The maximum Gasteiger partial charge on any atom is 0.407 e. The fourth-order valence-electron chi connectivity index (χ4n) is 4.38. The van der Waals surface area contributed by atoms with Crippen molar-refractivity contribution in [1.29, 1.82) is 0 Å². The number of alkyl halides is 3. The summed E-state index contributed by atoms with van der Waals surface area (Å²) >= 11 is 16.7. The van der Waals surface area contributed by atoms with Crippen molar-refractivity contribution in [2.75, 3.05) is 13.2 Å². The Labute approximate surface area is 230 Å². The van der Waals surface area contributed by atoms with Crippen LogP contribution in [0, 0.1) is 0 Å². The Kier molecular flexibility index (Phi) is 8.59. The van der Waals surface area contributed by atoms with Gasteiger partial charge in [-0.2, -0.15) is 0 Å². The van der Waals surface area contributed by atoms with E-state index >= 15 is 0 Å². The van der Waals surface area contributed by atoms with Crippen LogP contribution in [-0.4, -0.2) is 33.4 Å². The molecule has 8 heteroatoms. The monoisotopic (exact) mass is 554 g/mol. The normalized spacial score (nSPS) is 11.6. The Morgan fingerprint density at radius 3 is 1.70 bits per heavy atom. The maximum atomic E-state index is 13.0. The first-order chi connectivity index (χ1) is 17.8. The average Bonchev–Trinajstić information content (AvgIpc) is 3.40. The maximum absolute atomic E-state index is 13.0. The minimum Gasteiger partial charge on any atom is -0.445 e. The molecule has 37 heavy (non-hydrogen) atoms. The number of alkyl carbamates (subject to hydrolysis) is 1. The number of hydrogen-bond donors (Lipinski definition) is 1. The van der Waals surface area contributed by atoms with E-state index in [1.807, 2.05) is 67.0 Å². The second kappa shape index (κ2) is 11.9. The summed E-state index contributed by atoms with van der Waals surface area (Å²) in [5, 5.41) is 2.51. The number of nitrogens with zero attached hydrogens (tertiary/aromatic N) is 1. The van der Waals surface area contributed by atoms with E-state index in [9.17, 15) is 9.59 Å².